The first-order valence-corrected chi connectivity index (χ1v) is 24.4. The molecule has 0 aromatic rings. The molecule has 2 N–H and O–H groups in total. The first kappa shape index (κ1) is 53.8. The molecule has 4 amide bonds. The molecule has 0 saturated heterocycles. The van der Waals surface area contributed by atoms with Crippen LogP contribution in [0.1, 0.15) is 271 Å². The normalized spacial score (nSPS) is 11.5. The largest absolute Gasteiger partial charge is 0.296 e. The maximum absolute atomic E-state index is 12.1. The summed E-state index contributed by atoms with van der Waals surface area (Å²) in [6, 6.07) is 0. The highest BCUT2D eigenvalue weighted by atomic mass is 16.2. The van der Waals surface area contributed by atoms with Crippen molar-refractivity contribution < 1.29 is 19.2 Å². The minimum Gasteiger partial charge on any atom is -0.296 e. The highest BCUT2D eigenvalue weighted by Crippen LogP contribution is 2.14. The van der Waals surface area contributed by atoms with Crippen LogP contribution in [0.5, 0.6) is 0 Å². The SMILES string of the molecule is CCCCCCCCC=CCCCCCCCCCCCC(=O)NC(=O)CCCCC(=O)NC(=O)CCCCCCCCCCCC=CCCCCCCCC. The van der Waals surface area contributed by atoms with Crippen molar-refractivity contribution in [3.8, 4) is 0 Å². The van der Waals surface area contributed by atoms with E-state index in [-0.39, 0.29) is 36.5 Å². The molecule has 0 heterocycles. The maximum atomic E-state index is 12.1. The summed E-state index contributed by atoms with van der Waals surface area (Å²) in [5.41, 5.74) is 0. The highest BCUT2D eigenvalue weighted by Gasteiger charge is 2.10. The van der Waals surface area contributed by atoms with E-state index in [2.05, 4.69) is 48.8 Å². The van der Waals surface area contributed by atoms with E-state index < -0.39 is 0 Å². The number of hydrogen-bond donors (Lipinski definition) is 2. The molecule has 0 unspecified atom stereocenters. The molecule has 0 radical (unpaired) electrons. The summed E-state index contributed by atoms with van der Waals surface area (Å²) in [5, 5.41) is 4.97. The molecule has 0 aromatic heterocycles. The third kappa shape index (κ3) is 44.5. The van der Waals surface area contributed by atoms with Crippen LogP contribution in [-0.2, 0) is 19.2 Å². The number of allylic oxidation sites excluding steroid dienone is 4. The zero-order valence-corrected chi connectivity index (χ0v) is 37.2. The van der Waals surface area contributed by atoms with Crippen molar-refractivity contribution >= 4 is 23.6 Å². The van der Waals surface area contributed by atoms with Gasteiger partial charge in [0.1, 0.15) is 0 Å². The van der Waals surface area contributed by atoms with Crippen LogP contribution in [0.3, 0.4) is 0 Å². The van der Waals surface area contributed by atoms with Crippen LogP contribution in [0.2, 0.25) is 0 Å². The predicted octanol–water partition coefficient (Wildman–Crippen LogP) is 15.0. The fourth-order valence-corrected chi connectivity index (χ4v) is 7.26. The lowest BCUT2D eigenvalue weighted by Gasteiger charge is -2.06. The molecule has 0 bridgehead atoms. The lowest BCUT2D eigenvalue weighted by molar-refractivity contribution is -0.132. The summed E-state index contributed by atoms with van der Waals surface area (Å²) in [4.78, 5) is 48.5. The Morgan fingerprint density at radius 2 is 0.446 bits per heavy atom. The Morgan fingerprint density at radius 3 is 0.679 bits per heavy atom. The Balaban J connectivity index is 3.47. The first-order chi connectivity index (χ1) is 27.5. The molecule has 6 heteroatoms. The summed E-state index contributed by atoms with van der Waals surface area (Å²) in [5.74, 6) is -0.956. The Bertz CT molecular complexity index is 883. The van der Waals surface area contributed by atoms with Gasteiger partial charge in [0.05, 0.1) is 0 Å². The van der Waals surface area contributed by atoms with Gasteiger partial charge in [0.25, 0.3) is 0 Å². The van der Waals surface area contributed by atoms with E-state index in [1.54, 1.807) is 0 Å². The molecule has 0 atom stereocenters. The molecule has 0 aliphatic carbocycles. The van der Waals surface area contributed by atoms with Gasteiger partial charge in [0.2, 0.25) is 23.6 Å². The number of carbonyl (C=O) groups is 4. The van der Waals surface area contributed by atoms with Crippen LogP contribution >= 0.6 is 0 Å². The Kier molecular flexibility index (Phi) is 43.6. The number of carbonyl (C=O) groups excluding carboxylic acids is 4. The molecular formula is C50H92N2O4. The minimum absolute atomic E-state index is 0.202. The first-order valence-electron chi connectivity index (χ1n) is 24.4. The standard InChI is InChI=1S/C50H92N2O4/c1-3-5-7-9-11-13-15-17-19-21-23-25-27-29-31-33-35-37-39-43-47(53)51-49(55)45-41-42-46-50(56)52-48(54)44-40-38-36-34-32-30-28-26-24-22-20-18-16-14-12-10-8-6-4-2/h17-20H,3-16,21-46H2,1-2H3,(H,51,53,55)(H,52,54,56). The van der Waals surface area contributed by atoms with Gasteiger partial charge >= 0.3 is 0 Å². The zero-order chi connectivity index (χ0) is 40.8. The molecule has 0 aromatic carbocycles. The second-order valence-electron chi connectivity index (χ2n) is 16.6. The second kappa shape index (κ2) is 45.5. The van der Waals surface area contributed by atoms with Crippen LogP contribution in [0.15, 0.2) is 24.3 Å². The summed E-state index contributed by atoms with van der Waals surface area (Å²) in [7, 11) is 0. The van der Waals surface area contributed by atoms with Crippen molar-refractivity contribution in [2.24, 2.45) is 0 Å². The van der Waals surface area contributed by atoms with Crippen molar-refractivity contribution in [2.45, 2.75) is 271 Å². The number of imide groups is 2. The van der Waals surface area contributed by atoms with E-state index >= 15 is 0 Å². The average molecular weight is 785 g/mol. The smallest absolute Gasteiger partial charge is 0.226 e. The van der Waals surface area contributed by atoms with Crippen LogP contribution < -0.4 is 10.6 Å². The van der Waals surface area contributed by atoms with Crippen molar-refractivity contribution in [1.82, 2.24) is 10.6 Å². The van der Waals surface area contributed by atoms with Gasteiger partial charge in [0, 0.05) is 25.7 Å². The zero-order valence-electron chi connectivity index (χ0n) is 37.2. The van der Waals surface area contributed by atoms with E-state index in [4.69, 9.17) is 0 Å². The molecule has 0 spiro atoms. The molecule has 0 saturated carbocycles. The van der Waals surface area contributed by atoms with Crippen molar-refractivity contribution in [3.05, 3.63) is 24.3 Å². The van der Waals surface area contributed by atoms with E-state index in [0.717, 1.165) is 38.5 Å². The topological polar surface area (TPSA) is 92.3 Å². The molecular weight excluding hydrogens is 693 g/mol. The van der Waals surface area contributed by atoms with E-state index in [9.17, 15) is 19.2 Å². The lowest BCUT2D eigenvalue weighted by atomic mass is 10.1. The average Bonchev–Trinajstić information content (AvgIpc) is 3.18. The Hall–Kier alpha value is -2.24. The maximum Gasteiger partial charge on any atom is 0.226 e. The monoisotopic (exact) mass is 785 g/mol. The summed E-state index contributed by atoms with van der Waals surface area (Å²) < 4.78 is 0. The molecule has 326 valence electrons. The summed E-state index contributed by atoms with van der Waals surface area (Å²) >= 11 is 0. The summed E-state index contributed by atoms with van der Waals surface area (Å²) in [6.07, 6.45) is 54.6. The van der Waals surface area contributed by atoms with Crippen molar-refractivity contribution in [1.29, 1.82) is 0 Å². The van der Waals surface area contributed by atoms with Crippen LogP contribution in [0, 0.1) is 0 Å². The number of unbranched alkanes of at least 4 members (excludes halogenated alkanes) is 31. The van der Waals surface area contributed by atoms with Gasteiger partial charge in [-0.05, 0) is 77.0 Å². The van der Waals surface area contributed by atoms with E-state index in [0.29, 0.717) is 25.7 Å². The third-order valence-electron chi connectivity index (χ3n) is 10.9. The van der Waals surface area contributed by atoms with Crippen LogP contribution in [0.4, 0.5) is 0 Å². The van der Waals surface area contributed by atoms with Gasteiger partial charge in [0.15, 0.2) is 0 Å². The molecule has 56 heavy (non-hydrogen) atoms. The second-order valence-corrected chi connectivity index (χ2v) is 16.6. The van der Waals surface area contributed by atoms with Crippen molar-refractivity contribution in [3.63, 3.8) is 0 Å². The molecule has 0 aliphatic rings. The number of hydrogen-bond acceptors (Lipinski definition) is 4. The lowest BCUT2D eigenvalue weighted by Crippen LogP contribution is -2.31. The van der Waals surface area contributed by atoms with Gasteiger partial charge in [-0.25, -0.2) is 0 Å². The third-order valence-corrected chi connectivity index (χ3v) is 10.9. The molecule has 0 fully saturated rings. The quantitative estimate of drug-likeness (QED) is 0.0476. The van der Waals surface area contributed by atoms with Gasteiger partial charge in [-0.15, -0.1) is 0 Å². The van der Waals surface area contributed by atoms with E-state index in [1.165, 1.54) is 180 Å². The van der Waals surface area contributed by atoms with Crippen LogP contribution in [-0.4, -0.2) is 23.6 Å². The van der Waals surface area contributed by atoms with Gasteiger partial charge in [-0.1, -0.05) is 192 Å². The van der Waals surface area contributed by atoms with E-state index in [1.807, 2.05) is 0 Å². The Morgan fingerprint density at radius 1 is 0.268 bits per heavy atom. The Labute approximate surface area is 347 Å². The van der Waals surface area contributed by atoms with Crippen LogP contribution in [0.25, 0.3) is 0 Å². The predicted molar refractivity (Wildman–Crippen MR) is 241 cm³/mol. The highest BCUT2D eigenvalue weighted by molar-refractivity contribution is 5.95. The van der Waals surface area contributed by atoms with Crippen molar-refractivity contribution in [2.75, 3.05) is 0 Å². The number of nitrogens with one attached hydrogen (secondary N) is 2. The fraction of sp³-hybridized carbons (Fsp3) is 0.840. The minimum atomic E-state index is -0.276. The van der Waals surface area contributed by atoms with Gasteiger partial charge < -0.3 is 0 Å². The summed E-state index contributed by atoms with van der Waals surface area (Å²) in [6.45, 7) is 4.54. The number of rotatable bonds is 43. The molecule has 6 nitrogen and oxygen atoms in total. The van der Waals surface area contributed by atoms with Gasteiger partial charge in [-0.2, -0.15) is 0 Å². The number of amides is 4. The van der Waals surface area contributed by atoms with Gasteiger partial charge in [-0.3, -0.25) is 29.8 Å². The molecule has 0 aliphatic heterocycles. The fourth-order valence-electron chi connectivity index (χ4n) is 7.26. The molecule has 0 rings (SSSR count).